The van der Waals surface area contributed by atoms with Gasteiger partial charge in [0.15, 0.2) is 0 Å². The van der Waals surface area contributed by atoms with Gasteiger partial charge in [-0.2, -0.15) is 0 Å². The van der Waals surface area contributed by atoms with Crippen molar-refractivity contribution in [3.63, 3.8) is 0 Å². The van der Waals surface area contributed by atoms with Crippen molar-refractivity contribution in [2.45, 2.75) is 25.0 Å². The minimum atomic E-state index is -0.212. The number of anilines is 1. The number of nitrogens with one attached hydrogen (secondary N) is 1. The molecule has 0 aliphatic carbocycles. The number of nitrogens with zero attached hydrogens (tertiary/aromatic N) is 2. The first kappa shape index (κ1) is 14.6. The molecule has 0 bridgehead atoms. The molecule has 0 spiro atoms. The van der Waals surface area contributed by atoms with E-state index in [0.717, 1.165) is 19.7 Å². The average molecular weight is 311 g/mol. The van der Waals surface area contributed by atoms with Crippen LogP contribution in [-0.2, 0) is 4.74 Å². The highest BCUT2D eigenvalue weighted by molar-refractivity contribution is 6.33. The molecule has 3 heterocycles. The molecule has 0 aromatic carbocycles. The molecule has 2 unspecified atom stereocenters. The Kier molecular flexibility index (Phi) is 4.28. The Labute approximate surface area is 128 Å². The molecule has 114 valence electrons. The Morgan fingerprint density at radius 1 is 1.62 bits per heavy atom. The molecule has 7 heteroatoms. The summed E-state index contributed by atoms with van der Waals surface area (Å²) >= 11 is 5.87. The van der Waals surface area contributed by atoms with Gasteiger partial charge in [-0.05, 0) is 25.5 Å². The molecule has 2 atom stereocenters. The van der Waals surface area contributed by atoms with Crippen LogP contribution in [0.15, 0.2) is 12.3 Å². The minimum Gasteiger partial charge on any atom is -0.382 e. The topological polar surface area (TPSA) is 80.5 Å². The highest BCUT2D eigenvalue weighted by atomic mass is 35.5. The number of nitrogens with two attached hydrogens (primary N) is 1. The molecule has 0 radical (unpaired) electrons. The smallest absolute Gasteiger partial charge is 0.252 e. The van der Waals surface area contributed by atoms with E-state index >= 15 is 0 Å². The van der Waals surface area contributed by atoms with Gasteiger partial charge in [0.1, 0.15) is 5.82 Å². The van der Waals surface area contributed by atoms with Crippen LogP contribution in [0.2, 0.25) is 5.02 Å². The van der Waals surface area contributed by atoms with Gasteiger partial charge in [0.05, 0.1) is 23.3 Å². The first-order chi connectivity index (χ1) is 10.1. The van der Waals surface area contributed by atoms with Crippen LogP contribution in [0.3, 0.4) is 0 Å². The lowest BCUT2D eigenvalue weighted by Gasteiger charge is -2.35. The summed E-state index contributed by atoms with van der Waals surface area (Å²) in [5, 5.41) is 3.15. The maximum atomic E-state index is 12.1. The average Bonchev–Trinajstić information content (AvgIpc) is 2.95. The third-order valence-electron chi connectivity index (χ3n) is 4.08. The van der Waals surface area contributed by atoms with Crippen molar-refractivity contribution in [1.29, 1.82) is 0 Å². The number of nitrogen functional groups attached to an aromatic ring is 1. The molecule has 1 aromatic heterocycles. The largest absolute Gasteiger partial charge is 0.382 e. The zero-order chi connectivity index (χ0) is 14.8. The number of carbonyl (C=O) groups is 1. The van der Waals surface area contributed by atoms with Crippen molar-refractivity contribution < 1.29 is 9.53 Å². The molecule has 3 rings (SSSR count). The van der Waals surface area contributed by atoms with Crippen LogP contribution in [0.4, 0.5) is 5.82 Å². The summed E-state index contributed by atoms with van der Waals surface area (Å²) in [6.07, 6.45) is 3.92. The van der Waals surface area contributed by atoms with E-state index in [1.165, 1.54) is 25.1 Å². The number of hydrogen-bond donors (Lipinski definition) is 2. The molecule has 2 aliphatic rings. The van der Waals surface area contributed by atoms with E-state index in [0.29, 0.717) is 18.2 Å². The summed E-state index contributed by atoms with van der Waals surface area (Å²) in [5.74, 6) is 0.0143. The summed E-state index contributed by atoms with van der Waals surface area (Å²) in [7, 11) is 0. The second-order valence-corrected chi connectivity index (χ2v) is 5.95. The second-order valence-electron chi connectivity index (χ2n) is 5.55. The van der Waals surface area contributed by atoms with Gasteiger partial charge in [-0.3, -0.25) is 9.69 Å². The predicted molar refractivity (Wildman–Crippen MR) is 80.3 cm³/mol. The number of pyridine rings is 1. The van der Waals surface area contributed by atoms with Gasteiger partial charge < -0.3 is 15.8 Å². The molecule has 21 heavy (non-hydrogen) atoms. The second kappa shape index (κ2) is 6.17. The van der Waals surface area contributed by atoms with Gasteiger partial charge in [0.25, 0.3) is 5.91 Å². The number of fused-ring (bicyclic) bond motifs is 1. The number of ether oxygens (including phenoxy) is 1. The van der Waals surface area contributed by atoms with Gasteiger partial charge in [0, 0.05) is 25.3 Å². The number of rotatable bonds is 3. The summed E-state index contributed by atoms with van der Waals surface area (Å²) in [4.78, 5) is 18.4. The van der Waals surface area contributed by atoms with Crippen LogP contribution in [0.25, 0.3) is 0 Å². The van der Waals surface area contributed by atoms with Crippen molar-refractivity contribution in [2.24, 2.45) is 0 Å². The number of carbonyl (C=O) groups excluding carboxylic acids is 1. The van der Waals surface area contributed by atoms with E-state index in [1.54, 1.807) is 0 Å². The lowest BCUT2D eigenvalue weighted by molar-refractivity contribution is -0.0461. The zero-order valence-electron chi connectivity index (χ0n) is 11.7. The van der Waals surface area contributed by atoms with Crippen molar-refractivity contribution in [2.75, 3.05) is 32.0 Å². The molecule has 6 nitrogen and oxygen atoms in total. The predicted octanol–water partition coefficient (Wildman–Crippen LogP) is 0.910. The maximum absolute atomic E-state index is 12.1. The molecule has 2 aliphatic heterocycles. The molecule has 2 fully saturated rings. The number of halogens is 1. The Morgan fingerprint density at radius 3 is 3.29 bits per heavy atom. The molecule has 1 amide bonds. The van der Waals surface area contributed by atoms with Crippen LogP contribution in [-0.4, -0.2) is 54.2 Å². The van der Waals surface area contributed by atoms with Crippen molar-refractivity contribution in [1.82, 2.24) is 15.2 Å². The van der Waals surface area contributed by atoms with Crippen LogP contribution in [0, 0.1) is 0 Å². The van der Waals surface area contributed by atoms with Crippen LogP contribution < -0.4 is 11.1 Å². The lowest BCUT2D eigenvalue weighted by Crippen LogP contribution is -2.50. The van der Waals surface area contributed by atoms with Gasteiger partial charge in [-0.15, -0.1) is 0 Å². The molecular formula is C14H19ClN4O2. The van der Waals surface area contributed by atoms with E-state index in [4.69, 9.17) is 22.1 Å². The Morgan fingerprint density at radius 2 is 2.48 bits per heavy atom. The monoisotopic (exact) mass is 310 g/mol. The SMILES string of the molecule is Nc1ncc(C(=O)NCC2CN3CCCC3CO2)cc1Cl. The minimum absolute atomic E-state index is 0.0421. The summed E-state index contributed by atoms with van der Waals surface area (Å²) in [6, 6.07) is 2.09. The van der Waals surface area contributed by atoms with Crippen molar-refractivity contribution in [3.05, 3.63) is 22.8 Å². The highest BCUT2D eigenvalue weighted by Crippen LogP contribution is 2.22. The van der Waals surface area contributed by atoms with E-state index in [-0.39, 0.29) is 22.9 Å². The highest BCUT2D eigenvalue weighted by Gasteiger charge is 2.32. The first-order valence-corrected chi connectivity index (χ1v) is 7.56. The van der Waals surface area contributed by atoms with Crippen molar-refractivity contribution in [3.8, 4) is 0 Å². The Balaban J connectivity index is 1.52. The van der Waals surface area contributed by atoms with Crippen LogP contribution in [0.1, 0.15) is 23.2 Å². The fraction of sp³-hybridized carbons (Fsp3) is 0.571. The molecule has 1 aromatic rings. The van der Waals surface area contributed by atoms with E-state index < -0.39 is 0 Å². The number of amides is 1. The van der Waals surface area contributed by atoms with Crippen LogP contribution in [0.5, 0.6) is 0 Å². The molecule has 0 saturated carbocycles. The van der Waals surface area contributed by atoms with E-state index in [1.807, 2.05) is 0 Å². The maximum Gasteiger partial charge on any atom is 0.252 e. The summed E-state index contributed by atoms with van der Waals surface area (Å²) in [6.45, 7) is 3.27. The third kappa shape index (κ3) is 3.28. The normalized spacial score (nSPS) is 25.6. The first-order valence-electron chi connectivity index (χ1n) is 7.18. The lowest BCUT2D eigenvalue weighted by atomic mass is 10.2. The summed E-state index contributed by atoms with van der Waals surface area (Å²) in [5.41, 5.74) is 5.94. The number of hydrogen-bond acceptors (Lipinski definition) is 5. The third-order valence-corrected chi connectivity index (χ3v) is 4.39. The summed E-state index contributed by atoms with van der Waals surface area (Å²) < 4.78 is 5.80. The molecular weight excluding hydrogens is 292 g/mol. The van der Waals surface area contributed by atoms with Crippen molar-refractivity contribution >= 4 is 23.3 Å². The fourth-order valence-electron chi connectivity index (χ4n) is 2.89. The standard InChI is InChI=1S/C14H19ClN4O2/c15-12-4-9(5-17-13(12)16)14(20)18-6-11-7-19-3-1-2-10(19)8-21-11/h4-5,10-11H,1-3,6-8H2,(H2,16,17)(H,18,20). The molecule has 3 N–H and O–H groups in total. The van der Waals surface area contributed by atoms with Gasteiger partial charge in [0.2, 0.25) is 0 Å². The zero-order valence-corrected chi connectivity index (χ0v) is 12.5. The van der Waals surface area contributed by atoms with Gasteiger partial charge in [-0.25, -0.2) is 4.98 Å². The Hall–Kier alpha value is -1.37. The van der Waals surface area contributed by atoms with E-state index in [2.05, 4.69) is 15.2 Å². The van der Waals surface area contributed by atoms with Crippen LogP contribution >= 0.6 is 11.6 Å². The number of morpholine rings is 1. The molecule has 2 saturated heterocycles. The fourth-order valence-corrected chi connectivity index (χ4v) is 3.06. The Bertz CT molecular complexity index is 540. The van der Waals surface area contributed by atoms with Gasteiger partial charge >= 0.3 is 0 Å². The van der Waals surface area contributed by atoms with E-state index in [9.17, 15) is 4.79 Å². The quantitative estimate of drug-likeness (QED) is 0.867. The number of aromatic nitrogens is 1. The van der Waals surface area contributed by atoms with Gasteiger partial charge in [-0.1, -0.05) is 11.6 Å².